The number of hydrogen-bond acceptors (Lipinski definition) is 4. The van der Waals surface area contributed by atoms with Gasteiger partial charge in [-0.1, -0.05) is 36.4 Å². The highest BCUT2D eigenvalue weighted by Crippen LogP contribution is 2.27. The van der Waals surface area contributed by atoms with Crippen molar-refractivity contribution in [2.75, 3.05) is 20.8 Å². The van der Waals surface area contributed by atoms with Crippen LogP contribution in [0, 0.1) is 0 Å². The zero-order valence-corrected chi connectivity index (χ0v) is 15.8. The predicted molar refractivity (Wildman–Crippen MR) is 104 cm³/mol. The van der Waals surface area contributed by atoms with Crippen molar-refractivity contribution < 1.29 is 19.1 Å². The Bertz CT molecular complexity index is 747. The van der Waals surface area contributed by atoms with Gasteiger partial charge < -0.3 is 20.1 Å². The lowest BCUT2D eigenvalue weighted by atomic mass is 10.1. The molecular weight excluding hydrogens is 344 g/mol. The van der Waals surface area contributed by atoms with Gasteiger partial charge in [0.25, 0.3) is 0 Å². The minimum absolute atomic E-state index is 0.182. The Kier molecular flexibility index (Phi) is 8.16. The normalized spacial score (nSPS) is 10.1. The van der Waals surface area contributed by atoms with E-state index in [1.165, 1.54) is 5.56 Å². The molecule has 0 radical (unpaired) electrons. The molecule has 0 saturated heterocycles. The van der Waals surface area contributed by atoms with Gasteiger partial charge in [0.2, 0.25) is 11.8 Å². The molecule has 0 atom stereocenters. The third kappa shape index (κ3) is 7.01. The predicted octanol–water partition coefficient (Wildman–Crippen LogP) is 2.46. The molecular formula is C21H26N2O4. The Morgan fingerprint density at radius 3 is 2.26 bits per heavy atom. The monoisotopic (exact) mass is 370 g/mol. The second-order valence-electron chi connectivity index (χ2n) is 6.08. The van der Waals surface area contributed by atoms with Gasteiger partial charge in [0.15, 0.2) is 11.5 Å². The van der Waals surface area contributed by atoms with Crippen LogP contribution in [0.1, 0.15) is 24.0 Å². The molecule has 0 aromatic heterocycles. The molecule has 0 fully saturated rings. The van der Waals surface area contributed by atoms with Gasteiger partial charge in [0, 0.05) is 13.1 Å². The largest absolute Gasteiger partial charge is 0.493 e. The third-order valence-corrected chi connectivity index (χ3v) is 4.07. The van der Waals surface area contributed by atoms with Gasteiger partial charge in [-0.15, -0.1) is 0 Å². The SMILES string of the molecule is COc1ccc(CNC(=O)CC(=O)NCCCc2ccccc2)cc1OC. The van der Waals surface area contributed by atoms with Crippen molar-refractivity contribution in [3.05, 3.63) is 59.7 Å². The van der Waals surface area contributed by atoms with E-state index in [9.17, 15) is 9.59 Å². The molecule has 0 aliphatic carbocycles. The molecule has 6 nitrogen and oxygen atoms in total. The van der Waals surface area contributed by atoms with E-state index in [2.05, 4.69) is 22.8 Å². The first kappa shape index (κ1) is 20.3. The Labute approximate surface area is 159 Å². The molecule has 0 aliphatic heterocycles. The van der Waals surface area contributed by atoms with Crippen LogP contribution in [-0.2, 0) is 22.6 Å². The van der Waals surface area contributed by atoms with Crippen molar-refractivity contribution in [2.45, 2.75) is 25.8 Å². The summed E-state index contributed by atoms with van der Waals surface area (Å²) in [6, 6.07) is 15.5. The van der Waals surface area contributed by atoms with Gasteiger partial charge in [0.05, 0.1) is 14.2 Å². The summed E-state index contributed by atoms with van der Waals surface area (Å²) in [7, 11) is 3.13. The summed E-state index contributed by atoms with van der Waals surface area (Å²) in [5.74, 6) is 0.640. The summed E-state index contributed by atoms with van der Waals surface area (Å²) in [5, 5.41) is 5.52. The van der Waals surface area contributed by atoms with E-state index >= 15 is 0 Å². The van der Waals surface area contributed by atoms with Crippen molar-refractivity contribution in [1.29, 1.82) is 0 Å². The lowest BCUT2D eigenvalue weighted by molar-refractivity contribution is -0.129. The van der Waals surface area contributed by atoms with Crippen molar-refractivity contribution in [3.63, 3.8) is 0 Å². The van der Waals surface area contributed by atoms with E-state index in [-0.39, 0.29) is 18.2 Å². The minimum atomic E-state index is -0.314. The van der Waals surface area contributed by atoms with E-state index in [0.29, 0.717) is 24.6 Å². The Hall–Kier alpha value is -3.02. The van der Waals surface area contributed by atoms with Crippen LogP contribution >= 0.6 is 0 Å². The number of carbonyl (C=O) groups excluding carboxylic acids is 2. The topological polar surface area (TPSA) is 76.7 Å². The van der Waals surface area contributed by atoms with Gasteiger partial charge in [0.1, 0.15) is 6.42 Å². The summed E-state index contributed by atoms with van der Waals surface area (Å²) in [4.78, 5) is 23.8. The average molecular weight is 370 g/mol. The molecule has 6 heteroatoms. The summed E-state index contributed by atoms with van der Waals surface area (Å²) < 4.78 is 10.4. The highest BCUT2D eigenvalue weighted by Gasteiger charge is 2.10. The number of methoxy groups -OCH3 is 2. The van der Waals surface area contributed by atoms with Crippen LogP contribution in [0.4, 0.5) is 0 Å². The standard InChI is InChI=1S/C21H26N2O4/c1-26-18-11-10-17(13-19(18)27-2)15-23-21(25)14-20(24)22-12-6-9-16-7-4-3-5-8-16/h3-5,7-8,10-11,13H,6,9,12,14-15H2,1-2H3,(H,22,24)(H,23,25). The molecule has 0 saturated carbocycles. The fourth-order valence-corrected chi connectivity index (χ4v) is 2.63. The lowest BCUT2D eigenvalue weighted by Gasteiger charge is -2.10. The maximum Gasteiger partial charge on any atom is 0.229 e. The van der Waals surface area contributed by atoms with E-state index in [1.807, 2.05) is 24.3 Å². The second kappa shape index (κ2) is 10.9. The first-order valence-corrected chi connectivity index (χ1v) is 8.90. The minimum Gasteiger partial charge on any atom is -0.493 e. The van der Waals surface area contributed by atoms with Gasteiger partial charge in [-0.2, -0.15) is 0 Å². The summed E-state index contributed by atoms with van der Waals surface area (Å²) >= 11 is 0. The number of amides is 2. The van der Waals surface area contributed by atoms with Gasteiger partial charge in [-0.05, 0) is 36.1 Å². The van der Waals surface area contributed by atoms with E-state index < -0.39 is 0 Å². The van der Waals surface area contributed by atoms with Crippen LogP contribution in [0.5, 0.6) is 11.5 Å². The highest BCUT2D eigenvalue weighted by atomic mass is 16.5. The van der Waals surface area contributed by atoms with Crippen LogP contribution in [-0.4, -0.2) is 32.6 Å². The molecule has 27 heavy (non-hydrogen) atoms. The molecule has 2 aromatic rings. The zero-order valence-electron chi connectivity index (χ0n) is 15.8. The summed E-state index contributed by atoms with van der Waals surface area (Å²) in [6.07, 6.45) is 1.55. The van der Waals surface area contributed by atoms with Crippen LogP contribution in [0.15, 0.2) is 48.5 Å². The van der Waals surface area contributed by atoms with Crippen LogP contribution < -0.4 is 20.1 Å². The summed E-state index contributed by atoms with van der Waals surface area (Å²) in [5.41, 5.74) is 2.10. The molecule has 2 aromatic carbocycles. The average Bonchev–Trinajstić information content (AvgIpc) is 2.70. The van der Waals surface area contributed by atoms with Crippen LogP contribution in [0.2, 0.25) is 0 Å². The zero-order chi connectivity index (χ0) is 19.5. The van der Waals surface area contributed by atoms with Gasteiger partial charge in [-0.25, -0.2) is 0 Å². The maximum absolute atomic E-state index is 11.9. The second-order valence-corrected chi connectivity index (χ2v) is 6.08. The van der Waals surface area contributed by atoms with Crippen LogP contribution in [0.25, 0.3) is 0 Å². The fourth-order valence-electron chi connectivity index (χ4n) is 2.63. The number of rotatable bonds is 10. The van der Waals surface area contributed by atoms with E-state index in [4.69, 9.17) is 9.47 Å². The number of benzene rings is 2. The van der Waals surface area contributed by atoms with E-state index in [1.54, 1.807) is 26.4 Å². The molecule has 0 bridgehead atoms. The third-order valence-electron chi connectivity index (χ3n) is 4.07. The van der Waals surface area contributed by atoms with E-state index in [0.717, 1.165) is 18.4 Å². The molecule has 0 unspecified atom stereocenters. The molecule has 0 spiro atoms. The smallest absolute Gasteiger partial charge is 0.229 e. The number of nitrogens with one attached hydrogen (secondary N) is 2. The number of aryl methyl sites for hydroxylation is 1. The molecule has 0 heterocycles. The van der Waals surface area contributed by atoms with Gasteiger partial charge in [-0.3, -0.25) is 9.59 Å². The Balaban J connectivity index is 1.67. The summed E-state index contributed by atoms with van der Waals surface area (Å²) in [6.45, 7) is 0.872. The molecule has 2 rings (SSSR count). The molecule has 2 amide bonds. The number of carbonyl (C=O) groups is 2. The Morgan fingerprint density at radius 1 is 0.852 bits per heavy atom. The van der Waals surface area contributed by atoms with Crippen molar-refractivity contribution >= 4 is 11.8 Å². The first-order valence-electron chi connectivity index (χ1n) is 8.90. The maximum atomic E-state index is 11.9. The highest BCUT2D eigenvalue weighted by molar-refractivity contribution is 5.96. The number of hydrogen-bond donors (Lipinski definition) is 2. The van der Waals surface area contributed by atoms with Gasteiger partial charge >= 0.3 is 0 Å². The molecule has 0 aliphatic rings. The van der Waals surface area contributed by atoms with Crippen molar-refractivity contribution in [1.82, 2.24) is 10.6 Å². The quantitative estimate of drug-likeness (QED) is 0.498. The Morgan fingerprint density at radius 2 is 1.56 bits per heavy atom. The number of ether oxygens (including phenoxy) is 2. The first-order chi connectivity index (χ1) is 13.1. The lowest BCUT2D eigenvalue weighted by Crippen LogP contribution is -2.32. The van der Waals surface area contributed by atoms with Crippen molar-refractivity contribution in [2.24, 2.45) is 0 Å². The molecule has 2 N–H and O–H groups in total. The molecule has 144 valence electrons. The van der Waals surface area contributed by atoms with Crippen LogP contribution in [0.3, 0.4) is 0 Å². The van der Waals surface area contributed by atoms with Crippen molar-refractivity contribution in [3.8, 4) is 11.5 Å². The fraction of sp³-hybridized carbons (Fsp3) is 0.333.